The third-order valence-electron chi connectivity index (χ3n) is 3.01. The van der Waals surface area contributed by atoms with Gasteiger partial charge in [-0.3, -0.25) is 5.84 Å². The van der Waals surface area contributed by atoms with Gasteiger partial charge in [-0.15, -0.1) is 0 Å². The minimum Gasteiger partial charge on any atom is -0.271 e. The van der Waals surface area contributed by atoms with Crippen molar-refractivity contribution >= 4 is 11.6 Å². The molecule has 3 N–H and O–H groups in total. The molecule has 100 valence electrons. The Morgan fingerprint density at radius 1 is 1.16 bits per heavy atom. The first-order valence-electron chi connectivity index (χ1n) is 5.70. The lowest BCUT2D eigenvalue weighted by Gasteiger charge is -2.20. The number of hydrogen-bond acceptors (Lipinski definition) is 2. The highest BCUT2D eigenvalue weighted by Gasteiger charge is 2.22. The van der Waals surface area contributed by atoms with Gasteiger partial charge in [0.05, 0.1) is 6.04 Å². The molecule has 0 amide bonds. The normalized spacial score (nSPS) is 12.5. The number of nitrogens with one attached hydrogen (secondary N) is 1. The van der Waals surface area contributed by atoms with Gasteiger partial charge in [0.25, 0.3) is 0 Å². The van der Waals surface area contributed by atoms with E-state index in [9.17, 15) is 8.78 Å². The third kappa shape index (κ3) is 2.76. The number of benzene rings is 2. The van der Waals surface area contributed by atoms with Crippen LogP contribution < -0.4 is 11.3 Å². The van der Waals surface area contributed by atoms with Gasteiger partial charge in [-0.2, -0.15) is 0 Å². The molecule has 1 unspecified atom stereocenters. The predicted octanol–water partition coefficient (Wildman–Crippen LogP) is 3.48. The van der Waals surface area contributed by atoms with E-state index >= 15 is 0 Å². The summed E-state index contributed by atoms with van der Waals surface area (Å²) >= 11 is 5.93. The average Bonchev–Trinajstić information content (AvgIpc) is 2.37. The van der Waals surface area contributed by atoms with Gasteiger partial charge in [0.15, 0.2) is 0 Å². The van der Waals surface area contributed by atoms with E-state index < -0.39 is 17.7 Å². The first kappa shape index (κ1) is 13.9. The zero-order valence-corrected chi connectivity index (χ0v) is 11.0. The maximum atomic E-state index is 13.8. The van der Waals surface area contributed by atoms with E-state index in [1.807, 2.05) is 6.92 Å². The van der Waals surface area contributed by atoms with Crippen LogP contribution in [0.3, 0.4) is 0 Å². The van der Waals surface area contributed by atoms with Crippen molar-refractivity contribution in [2.45, 2.75) is 13.0 Å². The van der Waals surface area contributed by atoms with Crippen LogP contribution >= 0.6 is 11.6 Å². The van der Waals surface area contributed by atoms with Gasteiger partial charge in [-0.25, -0.2) is 14.2 Å². The summed E-state index contributed by atoms with van der Waals surface area (Å²) in [5.41, 5.74) is 3.81. The van der Waals surface area contributed by atoms with Crippen molar-refractivity contribution in [3.63, 3.8) is 0 Å². The molecule has 0 saturated carbocycles. The van der Waals surface area contributed by atoms with E-state index in [1.165, 1.54) is 18.2 Å². The number of hydrazine groups is 1. The van der Waals surface area contributed by atoms with Crippen molar-refractivity contribution in [1.29, 1.82) is 0 Å². The Bertz CT molecular complexity index is 582. The molecule has 2 rings (SSSR count). The van der Waals surface area contributed by atoms with E-state index in [0.29, 0.717) is 10.6 Å². The zero-order chi connectivity index (χ0) is 14.0. The molecule has 1 atom stereocenters. The van der Waals surface area contributed by atoms with E-state index in [1.54, 1.807) is 18.2 Å². The third-order valence-corrected chi connectivity index (χ3v) is 3.24. The van der Waals surface area contributed by atoms with Crippen LogP contribution in [0.4, 0.5) is 8.78 Å². The molecule has 0 saturated heterocycles. The van der Waals surface area contributed by atoms with Crippen LogP contribution in [0.15, 0.2) is 36.4 Å². The zero-order valence-electron chi connectivity index (χ0n) is 10.3. The first-order valence-corrected chi connectivity index (χ1v) is 6.08. The highest BCUT2D eigenvalue weighted by Crippen LogP contribution is 2.30. The molecular formula is C14H13ClF2N2. The van der Waals surface area contributed by atoms with Gasteiger partial charge in [-0.1, -0.05) is 23.7 Å². The predicted molar refractivity (Wildman–Crippen MR) is 71.7 cm³/mol. The van der Waals surface area contributed by atoms with Crippen molar-refractivity contribution in [2.75, 3.05) is 0 Å². The molecule has 0 fully saturated rings. The lowest BCUT2D eigenvalue weighted by Crippen LogP contribution is -2.30. The number of rotatable bonds is 3. The molecule has 5 heteroatoms. The SMILES string of the molecule is Cc1ccc(Cl)cc1C(NN)c1c(F)cccc1F. The summed E-state index contributed by atoms with van der Waals surface area (Å²) in [6, 6.07) is 8.05. The number of hydrogen-bond donors (Lipinski definition) is 2. The Balaban J connectivity index is 2.59. The van der Waals surface area contributed by atoms with Gasteiger partial charge in [0.1, 0.15) is 11.6 Å². The van der Waals surface area contributed by atoms with E-state index in [0.717, 1.165) is 5.56 Å². The summed E-state index contributed by atoms with van der Waals surface area (Å²) in [6.07, 6.45) is 0. The molecule has 0 heterocycles. The quantitative estimate of drug-likeness (QED) is 0.668. The van der Waals surface area contributed by atoms with Gasteiger partial charge in [-0.05, 0) is 42.3 Å². The van der Waals surface area contributed by atoms with Crippen molar-refractivity contribution < 1.29 is 8.78 Å². The summed E-state index contributed by atoms with van der Waals surface area (Å²) in [6.45, 7) is 1.83. The number of halogens is 3. The highest BCUT2D eigenvalue weighted by molar-refractivity contribution is 6.30. The van der Waals surface area contributed by atoms with Crippen LogP contribution in [0.2, 0.25) is 5.02 Å². The van der Waals surface area contributed by atoms with Crippen molar-refractivity contribution in [3.8, 4) is 0 Å². The number of nitrogens with two attached hydrogens (primary N) is 1. The summed E-state index contributed by atoms with van der Waals surface area (Å²) < 4.78 is 27.7. The molecule has 2 nitrogen and oxygen atoms in total. The fraction of sp³-hybridized carbons (Fsp3) is 0.143. The largest absolute Gasteiger partial charge is 0.271 e. The van der Waals surface area contributed by atoms with Crippen LogP contribution in [-0.4, -0.2) is 0 Å². The Morgan fingerprint density at radius 3 is 2.37 bits per heavy atom. The molecule has 0 aliphatic rings. The lowest BCUT2D eigenvalue weighted by atomic mass is 9.95. The molecule has 19 heavy (non-hydrogen) atoms. The van der Waals surface area contributed by atoms with E-state index in [2.05, 4.69) is 5.43 Å². The summed E-state index contributed by atoms with van der Waals surface area (Å²) in [4.78, 5) is 0. The minimum absolute atomic E-state index is 0.115. The molecule has 0 aromatic heterocycles. The number of aryl methyl sites for hydroxylation is 1. The maximum Gasteiger partial charge on any atom is 0.131 e. The fourth-order valence-corrected chi connectivity index (χ4v) is 2.22. The van der Waals surface area contributed by atoms with Gasteiger partial charge >= 0.3 is 0 Å². The Morgan fingerprint density at radius 2 is 1.79 bits per heavy atom. The maximum absolute atomic E-state index is 13.8. The Labute approximate surface area is 115 Å². The lowest BCUT2D eigenvalue weighted by molar-refractivity contribution is 0.509. The second kappa shape index (κ2) is 5.65. The van der Waals surface area contributed by atoms with Gasteiger partial charge in [0.2, 0.25) is 0 Å². The molecule has 2 aromatic carbocycles. The van der Waals surface area contributed by atoms with Crippen molar-refractivity contribution in [3.05, 3.63) is 69.7 Å². The molecule has 0 bridgehead atoms. The van der Waals surface area contributed by atoms with Crippen LogP contribution in [0, 0.1) is 18.6 Å². The summed E-state index contributed by atoms with van der Waals surface area (Å²) in [5.74, 6) is 4.17. The van der Waals surface area contributed by atoms with E-state index in [4.69, 9.17) is 17.4 Å². The minimum atomic E-state index is -0.792. The summed E-state index contributed by atoms with van der Waals surface area (Å²) in [7, 11) is 0. The van der Waals surface area contributed by atoms with Crippen LogP contribution in [0.25, 0.3) is 0 Å². The van der Waals surface area contributed by atoms with Crippen molar-refractivity contribution in [1.82, 2.24) is 5.43 Å². The standard InChI is InChI=1S/C14H13ClF2N2/c1-8-5-6-9(15)7-10(8)14(19-18)13-11(16)3-2-4-12(13)17/h2-7,14,19H,18H2,1H3. The Hall–Kier alpha value is -1.49. The highest BCUT2D eigenvalue weighted by atomic mass is 35.5. The van der Waals surface area contributed by atoms with E-state index in [-0.39, 0.29) is 5.56 Å². The molecule has 0 aliphatic heterocycles. The van der Waals surface area contributed by atoms with Gasteiger partial charge in [0, 0.05) is 10.6 Å². The molecular weight excluding hydrogens is 270 g/mol. The van der Waals surface area contributed by atoms with Crippen LogP contribution in [0.1, 0.15) is 22.7 Å². The molecule has 0 radical (unpaired) electrons. The van der Waals surface area contributed by atoms with Gasteiger partial charge < -0.3 is 0 Å². The topological polar surface area (TPSA) is 38.0 Å². The Kier molecular flexibility index (Phi) is 4.14. The molecule has 0 spiro atoms. The molecule has 0 aliphatic carbocycles. The second-order valence-corrected chi connectivity index (χ2v) is 4.67. The summed E-state index contributed by atoms with van der Waals surface area (Å²) in [5, 5.41) is 0.484. The monoisotopic (exact) mass is 282 g/mol. The smallest absolute Gasteiger partial charge is 0.131 e. The first-order chi connectivity index (χ1) is 9.04. The van der Waals surface area contributed by atoms with Crippen LogP contribution in [0.5, 0.6) is 0 Å². The molecule has 2 aromatic rings. The van der Waals surface area contributed by atoms with Crippen molar-refractivity contribution in [2.24, 2.45) is 5.84 Å². The fourth-order valence-electron chi connectivity index (χ4n) is 2.04. The van der Waals surface area contributed by atoms with Crippen LogP contribution in [-0.2, 0) is 0 Å². The second-order valence-electron chi connectivity index (χ2n) is 4.24. The average molecular weight is 283 g/mol.